The largest absolute Gasteiger partial charge is 0.289 e. The second-order valence-corrected chi connectivity index (χ2v) is 3.42. The summed E-state index contributed by atoms with van der Waals surface area (Å²) in [7, 11) is 0. The minimum atomic E-state index is 0.275. The van der Waals surface area contributed by atoms with Gasteiger partial charge in [-0.3, -0.25) is 4.79 Å². The Balaban J connectivity index is 2.83. The van der Waals surface area contributed by atoms with Crippen molar-refractivity contribution in [3.05, 3.63) is 33.0 Å². The molecule has 0 aromatic heterocycles. The molecule has 2 aromatic carbocycles. The summed E-state index contributed by atoms with van der Waals surface area (Å²) >= 11 is 0. The Morgan fingerprint density at radius 3 is 2.42 bits per heavy atom. The third-order valence-corrected chi connectivity index (χ3v) is 2.60. The lowest BCUT2D eigenvalue weighted by atomic mass is 10.0. The maximum Gasteiger partial charge on any atom is 0.195 e. The number of benzene rings is 1. The van der Waals surface area contributed by atoms with Gasteiger partial charge in [0.2, 0.25) is 0 Å². The predicted octanol–water partition coefficient (Wildman–Crippen LogP) is 2.25. The first-order chi connectivity index (χ1) is 5.66. The second kappa shape index (κ2) is 2.19. The lowest BCUT2D eigenvalue weighted by molar-refractivity contribution is 1.13. The van der Waals surface area contributed by atoms with Crippen LogP contribution >= 0.6 is 0 Å². The van der Waals surface area contributed by atoms with Gasteiger partial charge in [-0.05, 0) is 37.0 Å². The Hall–Kier alpha value is -1.11. The van der Waals surface area contributed by atoms with Gasteiger partial charge in [-0.15, -0.1) is 0 Å². The third kappa shape index (κ3) is 0.765. The molecule has 2 rings (SSSR count). The van der Waals surface area contributed by atoms with Crippen LogP contribution in [0, 0.1) is 13.8 Å². The quantitative estimate of drug-likeness (QED) is 0.625. The summed E-state index contributed by atoms with van der Waals surface area (Å²) in [6, 6.07) is 2.11. The first-order valence-electron chi connectivity index (χ1n) is 4.34. The van der Waals surface area contributed by atoms with E-state index in [4.69, 9.17) is 0 Å². The third-order valence-electron chi connectivity index (χ3n) is 2.60. The van der Waals surface area contributed by atoms with Gasteiger partial charge in [-0.2, -0.15) is 0 Å². The molecule has 2 aromatic rings. The van der Waals surface area contributed by atoms with Crippen molar-refractivity contribution in [2.75, 3.05) is 0 Å². The van der Waals surface area contributed by atoms with Crippen LogP contribution in [-0.4, -0.2) is 0 Å². The van der Waals surface area contributed by atoms with E-state index in [9.17, 15) is 4.79 Å². The molecule has 62 valence electrons. The fraction of sp³-hybridized carbons (Fsp3) is 0.364. The lowest BCUT2D eigenvalue weighted by Gasteiger charge is -2.00. The highest BCUT2D eigenvalue weighted by Crippen LogP contribution is 2.27. The molecule has 0 unspecified atom stereocenters. The van der Waals surface area contributed by atoms with Crippen molar-refractivity contribution in [2.24, 2.45) is 0 Å². The zero-order valence-corrected chi connectivity index (χ0v) is 7.69. The number of rotatable bonds is 1. The fourth-order valence-corrected chi connectivity index (χ4v) is 1.97. The summed E-state index contributed by atoms with van der Waals surface area (Å²) in [6.45, 7) is 6.19. The van der Waals surface area contributed by atoms with Gasteiger partial charge >= 0.3 is 0 Å². The van der Waals surface area contributed by atoms with Crippen LogP contribution in [0.15, 0.2) is 10.9 Å². The normalized spacial score (nSPS) is 11.6. The predicted molar refractivity (Wildman–Crippen MR) is 51.4 cm³/mol. The lowest BCUT2D eigenvalue weighted by Crippen LogP contribution is -1.84. The van der Waals surface area contributed by atoms with Crippen LogP contribution in [0.5, 0.6) is 0 Å². The van der Waals surface area contributed by atoms with E-state index in [1.165, 1.54) is 11.1 Å². The molecule has 0 amide bonds. The molecule has 0 bridgehead atoms. The van der Waals surface area contributed by atoms with Crippen LogP contribution in [0.2, 0.25) is 0 Å². The van der Waals surface area contributed by atoms with Crippen molar-refractivity contribution in [3.8, 4) is 0 Å². The van der Waals surface area contributed by atoms with Gasteiger partial charge in [0.05, 0.1) is 0 Å². The molecular weight excluding hydrogens is 148 g/mol. The molecule has 1 nitrogen and oxygen atoms in total. The van der Waals surface area contributed by atoms with Crippen LogP contribution < -0.4 is 5.43 Å². The van der Waals surface area contributed by atoms with Crippen molar-refractivity contribution >= 4 is 10.8 Å². The van der Waals surface area contributed by atoms with Crippen molar-refractivity contribution in [2.45, 2.75) is 27.2 Å². The van der Waals surface area contributed by atoms with Crippen LogP contribution in [0.4, 0.5) is 0 Å². The first kappa shape index (κ1) is 7.53. The zero-order chi connectivity index (χ0) is 8.88. The summed E-state index contributed by atoms with van der Waals surface area (Å²) < 4.78 is 0. The highest BCUT2D eigenvalue weighted by atomic mass is 16.1. The highest BCUT2D eigenvalue weighted by molar-refractivity contribution is 6.03. The topological polar surface area (TPSA) is 17.1 Å². The van der Waals surface area contributed by atoms with Crippen LogP contribution in [-0.2, 0) is 6.42 Å². The number of hydrogen-bond donors (Lipinski definition) is 0. The van der Waals surface area contributed by atoms with Gasteiger partial charge in [0.1, 0.15) is 0 Å². The number of aryl methyl sites for hydroxylation is 3. The van der Waals surface area contributed by atoms with Crippen LogP contribution in [0.3, 0.4) is 0 Å². The summed E-state index contributed by atoms with van der Waals surface area (Å²) in [5.74, 6) is 0. The Kier molecular flexibility index (Phi) is 1.38. The van der Waals surface area contributed by atoms with E-state index in [0.717, 1.165) is 22.8 Å². The van der Waals surface area contributed by atoms with E-state index in [-0.39, 0.29) is 5.43 Å². The first-order valence-corrected chi connectivity index (χ1v) is 4.34. The maximum absolute atomic E-state index is 11.3. The number of fused-ring (bicyclic) bond motifs is 1. The molecule has 0 spiro atoms. The monoisotopic (exact) mass is 160 g/mol. The summed E-state index contributed by atoms with van der Waals surface area (Å²) in [4.78, 5) is 11.3. The molecule has 0 saturated carbocycles. The van der Waals surface area contributed by atoms with Gasteiger partial charge in [-0.25, -0.2) is 0 Å². The summed E-state index contributed by atoms with van der Waals surface area (Å²) in [5.41, 5.74) is 3.93. The van der Waals surface area contributed by atoms with E-state index in [1.54, 1.807) is 0 Å². The molecule has 0 N–H and O–H groups in total. The van der Waals surface area contributed by atoms with Crippen LogP contribution in [0.1, 0.15) is 23.6 Å². The molecule has 0 heterocycles. The Morgan fingerprint density at radius 2 is 1.83 bits per heavy atom. The smallest absolute Gasteiger partial charge is 0.195 e. The molecule has 0 radical (unpaired) electrons. The van der Waals surface area contributed by atoms with E-state index in [2.05, 4.69) is 19.9 Å². The fourth-order valence-electron chi connectivity index (χ4n) is 1.97. The molecule has 0 aliphatic carbocycles. The SMILES string of the molecule is CCc1c(C)cc(C)c2c(=O)c12. The average Bonchev–Trinajstić information content (AvgIpc) is 2.63. The Bertz CT molecular complexity index is 456. The Labute approximate surface area is 71.7 Å². The van der Waals surface area contributed by atoms with Crippen LogP contribution in [0.25, 0.3) is 10.8 Å². The molecule has 12 heavy (non-hydrogen) atoms. The summed E-state index contributed by atoms with van der Waals surface area (Å²) in [5, 5.41) is 1.99. The minimum Gasteiger partial charge on any atom is -0.289 e. The van der Waals surface area contributed by atoms with E-state index in [1.807, 2.05) is 6.92 Å². The molecule has 0 saturated heterocycles. The van der Waals surface area contributed by atoms with E-state index >= 15 is 0 Å². The maximum atomic E-state index is 11.3. The standard InChI is InChI=1S/C11H12O/c1-4-8-6(2)5-7(3)9-10(8)11(9)12/h5H,4H2,1-3H3. The molecule has 0 fully saturated rings. The van der Waals surface area contributed by atoms with Crippen molar-refractivity contribution in [1.82, 2.24) is 0 Å². The number of hydrogen-bond acceptors (Lipinski definition) is 1. The minimum absolute atomic E-state index is 0.275. The Morgan fingerprint density at radius 1 is 1.17 bits per heavy atom. The summed E-state index contributed by atoms with van der Waals surface area (Å²) in [6.07, 6.45) is 0.972. The molecule has 0 aliphatic heterocycles. The molecular formula is C11H12O. The molecule has 0 atom stereocenters. The van der Waals surface area contributed by atoms with Gasteiger partial charge < -0.3 is 0 Å². The van der Waals surface area contributed by atoms with Crippen molar-refractivity contribution in [1.29, 1.82) is 0 Å². The highest BCUT2D eigenvalue weighted by Gasteiger charge is 2.19. The molecule has 1 heteroatoms. The van der Waals surface area contributed by atoms with E-state index in [0.29, 0.717) is 0 Å². The second-order valence-electron chi connectivity index (χ2n) is 3.42. The van der Waals surface area contributed by atoms with Gasteiger partial charge in [0.15, 0.2) is 5.43 Å². The zero-order valence-electron chi connectivity index (χ0n) is 7.69. The van der Waals surface area contributed by atoms with Crippen molar-refractivity contribution in [3.63, 3.8) is 0 Å². The van der Waals surface area contributed by atoms with E-state index < -0.39 is 0 Å². The average molecular weight is 160 g/mol. The van der Waals surface area contributed by atoms with Gasteiger partial charge in [0.25, 0.3) is 0 Å². The van der Waals surface area contributed by atoms with Crippen molar-refractivity contribution < 1.29 is 0 Å². The molecule has 0 aliphatic rings. The van der Waals surface area contributed by atoms with Gasteiger partial charge in [0, 0.05) is 10.8 Å². The van der Waals surface area contributed by atoms with Gasteiger partial charge in [-0.1, -0.05) is 13.0 Å².